The van der Waals surface area contributed by atoms with Crippen molar-refractivity contribution < 1.29 is 4.39 Å². The maximum atomic E-state index is 14.0. The van der Waals surface area contributed by atoms with Crippen LogP contribution < -0.4 is 0 Å². The van der Waals surface area contributed by atoms with E-state index in [-0.39, 0.29) is 5.82 Å². The summed E-state index contributed by atoms with van der Waals surface area (Å²) in [6, 6.07) is 14.7. The Morgan fingerprint density at radius 3 is 2.71 bits per heavy atom. The number of imidazole rings is 1. The van der Waals surface area contributed by atoms with Crippen LogP contribution in [0.1, 0.15) is 16.8 Å². The van der Waals surface area contributed by atoms with E-state index in [4.69, 9.17) is 11.6 Å². The average molecular weight is 430 g/mol. The van der Waals surface area contributed by atoms with Gasteiger partial charge in [0, 0.05) is 33.2 Å². The third-order valence-electron chi connectivity index (χ3n) is 4.41. The Labute approximate surface area is 176 Å². The molecule has 0 unspecified atom stereocenters. The molecule has 0 fully saturated rings. The SMILES string of the molecule is Cc1c(SCc2c(F)cccc2Cl)ccnc1CSc1nc2ccccc2[nH]1. The number of hydrogen-bond donors (Lipinski definition) is 1. The maximum Gasteiger partial charge on any atom is 0.166 e. The van der Waals surface area contributed by atoms with E-state index in [1.165, 1.54) is 6.07 Å². The van der Waals surface area contributed by atoms with Gasteiger partial charge in [0.1, 0.15) is 5.82 Å². The summed E-state index contributed by atoms with van der Waals surface area (Å²) in [5.74, 6) is 0.917. The second-order valence-electron chi connectivity index (χ2n) is 6.22. The standard InChI is InChI=1S/C21H17ClFN3S2/c1-13-19(12-28-21-25-17-7-2-3-8-18(17)26-21)24-10-9-20(13)27-11-14-15(22)5-4-6-16(14)23/h2-10H,11-12H2,1H3,(H,25,26). The lowest BCUT2D eigenvalue weighted by Gasteiger charge is -2.11. The summed E-state index contributed by atoms with van der Waals surface area (Å²) < 4.78 is 14.0. The monoisotopic (exact) mass is 429 g/mol. The fourth-order valence-electron chi connectivity index (χ4n) is 2.82. The molecule has 4 aromatic rings. The molecule has 0 bridgehead atoms. The minimum Gasteiger partial charge on any atom is -0.333 e. The van der Waals surface area contributed by atoms with Gasteiger partial charge in [-0.05, 0) is 42.8 Å². The molecule has 0 saturated heterocycles. The van der Waals surface area contributed by atoms with Gasteiger partial charge in [0.05, 0.1) is 16.7 Å². The smallest absolute Gasteiger partial charge is 0.166 e. The molecule has 0 amide bonds. The van der Waals surface area contributed by atoms with E-state index in [9.17, 15) is 4.39 Å². The highest BCUT2D eigenvalue weighted by atomic mass is 35.5. The van der Waals surface area contributed by atoms with Gasteiger partial charge in [-0.15, -0.1) is 11.8 Å². The van der Waals surface area contributed by atoms with Crippen molar-refractivity contribution in [2.75, 3.05) is 0 Å². The zero-order valence-electron chi connectivity index (χ0n) is 15.1. The first kappa shape index (κ1) is 19.3. The number of benzene rings is 2. The van der Waals surface area contributed by atoms with Gasteiger partial charge in [0.15, 0.2) is 5.16 Å². The molecule has 2 aromatic carbocycles. The fraction of sp³-hybridized carbons (Fsp3) is 0.143. The minimum absolute atomic E-state index is 0.271. The van der Waals surface area contributed by atoms with Gasteiger partial charge in [0.25, 0.3) is 0 Å². The summed E-state index contributed by atoms with van der Waals surface area (Å²) in [6.07, 6.45) is 1.80. The van der Waals surface area contributed by atoms with E-state index in [0.717, 1.165) is 32.3 Å². The van der Waals surface area contributed by atoms with E-state index >= 15 is 0 Å². The molecule has 2 aromatic heterocycles. The summed E-state index contributed by atoms with van der Waals surface area (Å²) in [4.78, 5) is 13.5. The number of aromatic nitrogens is 3. The molecule has 0 aliphatic carbocycles. The lowest BCUT2D eigenvalue weighted by Crippen LogP contribution is -1.95. The first-order chi connectivity index (χ1) is 13.6. The van der Waals surface area contributed by atoms with E-state index in [2.05, 4.69) is 15.0 Å². The second-order valence-corrected chi connectivity index (χ2v) is 8.61. The molecule has 142 valence electrons. The fourth-order valence-corrected chi connectivity index (χ4v) is 5.12. The first-order valence-corrected chi connectivity index (χ1v) is 11.0. The Hall–Kier alpha value is -2.02. The number of H-pyrrole nitrogens is 1. The Bertz CT molecular complexity index is 1080. The molecule has 2 heterocycles. The number of aromatic amines is 1. The molecule has 0 aliphatic rings. The third-order valence-corrected chi connectivity index (χ3v) is 6.83. The number of pyridine rings is 1. The summed E-state index contributed by atoms with van der Waals surface area (Å²) in [5, 5.41) is 1.33. The topological polar surface area (TPSA) is 41.6 Å². The van der Waals surface area contributed by atoms with Crippen LogP contribution in [0.25, 0.3) is 11.0 Å². The summed E-state index contributed by atoms with van der Waals surface area (Å²) in [5.41, 5.74) is 4.61. The van der Waals surface area contributed by atoms with Crippen LogP contribution in [0.3, 0.4) is 0 Å². The molecule has 1 N–H and O–H groups in total. The highest BCUT2D eigenvalue weighted by Crippen LogP contribution is 2.32. The van der Waals surface area contributed by atoms with Crippen molar-refractivity contribution in [1.82, 2.24) is 15.0 Å². The molecule has 0 atom stereocenters. The summed E-state index contributed by atoms with van der Waals surface area (Å²) in [6.45, 7) is 2.05. The normalized spacial score (nSPS) is 11.2. The number of thioether (sulfide) groups is 2. The van der Waals surface area contributed by atoms with E-state index in [1.807, 2.05) is 37.3 Å². The minimum atomic E-state index is -0.271. The van der Waals surface area contributed by atoms with Crippen molar-refractivity contribution in [2.45, 2.75) is 28.5 Å². The number of fused-ring (bicyclic) bond motifs is 1. The predicted octanol–water partition coefficient (Wildman–Crippen LogP) is 6.64. The largest absolute Gasteiger partial charge is 0.333 e. The first-order valence-electron chi connectivity index (χ1n) is 8.69. The summed E-state index contributed by atoms with van der Waals surface area (Å²) >= 11 is 9.33. The van der Waals surface area contributed by atoms with Gasteiger partial charge >= 0.3 is 0 Å². The number of para-hydroxylation sites is 2. The summed E-state index contributed by atoms with van der Waals surface area (Å²) in [7, 11) is 0. The zero-order valence-corrected chi connectivity index (χ0v) is 17.5. The van der Waals surface area contributed by atoms with E-state index in [0.29, 0.717) is 22.1 Å². The average Bonchev–Trinajstić information content (AvgIpc) is 3.11. The van der Waals surface area contributed by atoms with Crippen molar-refractivity contribution in [3.63, 3.8) is 0 Å². The highest BCUT2D eigenvalue weighted by molar-refractivity contribution is 7.98. The molecule has 0 saturated carbocycles. The Balaban J connectivity index is 1.47. The maximum absolute atomic E-state index is 14.0. The lowest BCUT2D eigenvalue weighted by atomic mass is 10.2. The number of halogens is 2. The highest BCUT2D eigenvalue weighted by Gasteiger charge is 2.12. The Morgan fingerprint density at radius 2 is 1.89 bits per heavy atom. The number of nitrogens with zero attached hydrogens (tertiary/aromatic N) is 2. The molecule has 3 nitrogen and oxygen atoms in total. The van der Waals surface area contributed by atoms with Crippen LogP contribution in [0, 0.1) is 12.7 Å². The zero-order chi connectivity index (χ0) is 19.5. The van der Waals surface area contributed by atoms with Gasteiger partial charge in [-0.1, -0.05) is 41.6 Å². The third kappa shape index (κ3) is 4.19. The van der Waals surface area contributed by atoms with Crippen molar-refractivity contribution in [1.29, 1.82) is 0 Å². The van der Waals surface area contributed by atoms with Crippen molar-refractivity contribution in [2.24, 2.45) is 0 Å². The number of hydrogen-bond acceptors (Lipinski definition) is 4. The molecule has 0 spiro atoms. The lowest BCUT2D eigenvalue weighted by molar-refractivity contribution is 0.617. The van der Waals surface area contributed by atoms with Gasteiger partial charge < -0.3 is 4.98 Å². The van der Waals surface area contributed by atoms with Crippen LogP contribution >= 0.6 is 35.1 Å². The quantitative estimate of drug-likeness (QED) is 0.348. The molecule has 4 rings (SSSR count). The van der Waals surface area contributed by atoms with Gasteiger partial charge in [-0.25, -0.2) is 9.37 Å². The van der Waals surface area contributed by atoms with Crippen molar-refractivity contribution >= 4 is 46.2 Å². The van der Waals surface area contributed by atoms with Gasteiger partial charge in [0.2, 0.25) is 0 Å². The molecule has 0 radical (unpaired) electrons. The van der Waals surface area contributed by atoms with E-state index < -0.39 is 0 Å². The van der Waals surface area contributed by atoms with Crippen LogP contribution in [0.15, 0.2) is 64.8 Å². The van der Waals surface area contributed by atoms with Gasteiger partial charge in [-0.2, -0.15) is 0 Å². The van der Waals surface area contributed by atoms with Crippen molar-refractivity contribution in [3.05, 3.63) is 82.4 Å². The van der Waals surface area contributed by atoms with Crippen LogP contribution in [0.4, 0.5) is 4.39 Å². The molecular weight excluding hydrogens is 413 g/mol. The number of nitrogens with one attached hydrogen (secondary N) is 1. The van der Waals surface area contributed by atoms with Crippen molar-refractivity contribution in [3.8, 4) is 0 Å². The Kier molecular flexibility index (Phi) is 5.90. The van der Waals surface area contributed by atoms with E-state index in [1.54, 1.807) is 41.9 Å². The molecule has 0 aliphatic heterocycles. The van der Waals surface area contributed by atoms with Crippen LogP contribution in [-0.4, -0.2) is 15.0 Å². The van der Waals surface area contributed by atoms with Gasteiger partial charge in [-0.3, -0.25) is 4.98 Å². The Morgan fingerprint density at radius 1 is 1.04 bits per heavy atom. The molecule has 7 heteroatoms. The predicted molar refractivity (Wildman–Crippen MR) is 116 cm³/mol. The second kappa shape index (κ2) is 8.55. The number of rotatable bonds is 6. The molecular formula is C21H17ClFN3S2. The van der Waals surface area contributed by atoms with Crippen LogP contribution in [0.5, 0.6) is 0 Å². The van der Waals surface area contributed by atoms with Crippen LogP contribution in [0.2, 0.25) is 5.02 Å². The molecule has 28 heavy (non-hydrogen) atoms. The van der Waals surface area contributed by atoms with Crippen LogP contribution in [-0.2, 0) is 11.5 Å².